The molecule has 2 aliphatic rings. The highest BCUT2D eigenvalue weighted by molar-refractivity contribution is 6.30. The van der Waals surface area contributed by atoms with Crippen LogP contribution in [0.3, 0.4) is 0 Å². The van der Waals surface area contributed by atoms with Crippen molar-refractivity contribution in [2.75, 3.05) is 63.8 Å². The lowest BCUT2D eigenvalue weighted by molar-refractivity contribution is -0.138. The molecule has 1 atom stereocenters. The van der Waals surface area contributed by atoms with E-state index >= 15 is 0 Å². The van der Waals surface area contributed by atoms with Gasteiger partial charge in [0.15, 0.2) is 0 Å². The Morgan fingerprint density at radius 3 is 2.36 bits per heavy atom. The summed E-state index contributed by atoms with van der Waals surface area (Å²) in [5, 5.41) is 0.773. The standard InChI is InChI=1S/C19H29ClN4O/c1-3-21-7-9-24(10-8-21)19(25)16(2)22-11-13-23(14-12-22)18-6-4-5-17(20)15-18/h4-6,15-16H,3,7-14H2,1-2H3/t16-/m1/s1. The second-order valence-corrected chi connectivity index (χ2v) is 7.37. The Bertz CT molecular complexity index is 581. The number of benzene rings is 1. The zero-order chi connectivity index (χ0) is 17.8. The summed E-state index contributed by atoms with van der Waals surface area (Å²) in [5.41, 5.74) is 1.17. The van der Waals surface area contributed by atoms with Crippen LogP contribution in [0.15, 0.2) is 24.3 Å². The largest absolute Gasteiger partial charge is 0.369 e. The fourth-order valence-corrected chi connectivity index (χ4v) is 3.93. The Balaban J connectivity index is 1.51. The molecule has 6 heteroatoms. The third-order valence-electron chi connectivity index (χ3n) is 5.52. The molecule has 0 aromatic heterocycles. The Hall–Kier alpha value is -1.30. The summed E-state index contributed by atoms with van der Waals surface area (Å²) in [5.74, 6) is 0.284. The molecule has 0 unspecified atom stereocenters. The Kier molecular flexibility index (Phi) is 6.20. The number of hydrogen-bond acceptors (Lipinski definition) is 4. The molecule has 1 aromatic rings. The van der Waals surface area contributed by atoms with Gasteiger partial charge in [0.05, 0.1) is 6.04 Å². The number of carbonyl (C=O) groups is 1. The molecule has 1 amide bonds. The molecule has 138 valence electrons. The molecule has 0 N–H and O–H groups in total. The van der Waals surface area contributed by atoms with Crippen LogP contribution >= 0.6 is 11.6 Å². The number of nitrogens with zero attached hydrogens (tertiary/aromatic N) is 4. The minimum Gasteiger partial charge on any atom is -0.369 e. The second-order valence-electron chi connectivity index (χ2n) is 6.94. The molecule has 25 heavy (non-hydrogen) atoms. The highest BCUT2D eigenvalue weighted by Crippen LogP contribution is 2.21. The van der Waals surface area contributed by atoms with Gasteiger partial charge in [0, 0.05) is 63.1 Å². The normalized spacial score (nSPS) is 21.4. The number of amides is 1. The fraction of sp³-hybridized carbons (Fsp3) is 0.632. The Morgan fingerprint density at radius 2 is 1.76 bits per heavy atom. The van der Waals surface area contributed by atoms with Crippen LogP contribution in [0.25, 0.3) is 0 Å². The van der Waals surface area contributed by atoms with E-state index in [0.29, 0.717) is 0 Å². The van der Waals surface area contributed by atoms with Gasteiger partial charge >= 0.3 is 0 Å². The molecule has 2 heterocycles. The molecule has 2 aliphatic heterocycles. The summed E-state index contributed by atoms with van der Waals surface area (Å²) in [4.78, 5) is 21.9. The van der Waals surface area contributed by atoms with Crippen LogP contribution in [0.4, 0.5) is 5.69 Å². The highest BCUT2D eigenvalue weighted by Gasteiger charge is 2.30. The molecule has 5 nitrogen and oxygen atoms in total. The zero-order valence-corrected chi connectivity index (χ0v) is 16.1. The lowest BCUT2D eigenvalue weighted by Crippen LogP contribution is -2.57. The van der Waals surface area contributed by atoms with Crippen molar-refractivity contribution >= 4 is 23.2 Å². The lowest BCUT2D eigenvalue weighted by atomic mass is 10.1. The predicted octanol–water partition coefficient (Wildman–Crippen LogP) is 2.01. The first-order valence-electron chi connectivity index (χ1n) is 9.34. The Morgan fingerprint density at radius 1 is 1.08 bits per heavy atom. The van der Waals surface area contributed by atoms with Gasteiger partial charge in [0.1, 0.15) is 0 Å². The van der Waals surface area contributed by atoms with Crippen LogP contribution in [-0.2, 0) is 4.79 Å². The van der Waals surface area contributed by atoms with Gasteiger partial charge in [0.2, 0.25) is 5.91 Å². The van der Waals surface area contributed by atoms with E-state index in [1.165, 1.54) is 5.69 Å². The second kappa shape index (κ2) is 8.39. The van der Waals surface area contributed by atoms with E-state index in [1.807, 2.05) is 23.1 Å². The number of anilines is 1. The minimum atomic E-state index is -0.0327. The average Bonchev–Trinajstić information content (AvgIpc) is 2.67. The summed E-state index contributed by atoms with van der Waals surface area (Å²) in [7, 11) is 0. The summed E-state index contributed by atoms with van der Waals surface area (Å²) < 4.78 is 0. The van der Waals surface area contributed by atoms with Crippen LogP contribution in [0.5, 0.6) is 0 Å². The summed E-state index contributed by atoms with van der Waals surface area (Å²) in [6, 6.07) is 7.98. The van der Waals surface area contributed by atoms with E-state index in [2.05, 4.69) is 34.6 Å². The molecule has 2 saturated heterocycles. The van der Waals surface area contributed by atoms with Crippen molar-refractivity contribution in [2.24, 2.45) is 0 Å². The van der Waals surface area contributed by atoms with Crippen LogP contribution in [0.2, 0.25) is 5.02 Å². The third-order valence-corrected chi connectivity index (χ3v) is 5.76. The van der Waals surface area contributed by atoms with Crippen molar-refractivity contribution in [3.05, 3.63) is 29.3 Å². The topological polar surface area (TPSA) is 30.0 Å². The molecule has 0 radical (unpaired) electrons. The smallest absolute Gasteiger partial charge is 0.239 e. The van der Waals surface area contributed by atoms with E-state index in [0.717, 1.165) is 63.9 Å². The monoisotopic (exact) mass is 364 g/mol. The number of carbonyl (C=O) groups excluding carboxylic acids is 1. The molecular weight excluding hydrogens is 336 g/mol. The van der Waals surface area contributed by atoms with Crippen molar-refractivity contribution < 1.29 is 4.79 Å². The van der Waals surface area contributed by atoms with Gasteiger partial charge in [-0.2, -0.15) is 0 Å². The Labute approximate surface area is 156 Å². The molecule has 3 rings (SSSR count). The van der Waals surface area contributed by atoms with Gasteiger partial charge in [0.25, 0.3) is 0 Å². The minimum absolute atomic E-state index is 0.0327. The SMILES string of the molecule is CCN1CCN(C(=O)[C@@H](C)N2CCN(c3cccc(Cl)c3)CC2)CC1. The number of halogens is 1. The number of likely N-dealkylation sites (N-methyl/N-ethyl adjacent to an activating group) is 1. The summed E-state index contributed by atoms with van der Waals surface area (Å²) in [6.07, 6.45) is 0. The maximum absolute atomic E-state index is 12.8. The number of piperazine rings is 2. The predicted molar refractivity (Wildman–Crippen MR) is 103 cm³/mol. The van der Waals surface area contributed by atoms with Gasteiger partial charge in [-0.1, -0.05) is 24.6 Å². The number of rotatable bonds is 4. The van der Waals surface area contributed by atoms with Crippen LogP contribution in [0.1, 0.15) is 13.8 Å². The van der Waals surface area contributed by atoms with E-state index < -0.39 is 0 Å². The van der Waals surface area contributed by atoms with E-state index in [9.17, 15) is 4.79 Å². The molecular formula is C19H29ClN4O. The van der Waals surface area contributed by atoms with Crippen molar-refractivity contribution in [3.8, 4) is 0 Å². The van der Waals surface area contributed by atoms with Crippen molar-refractivity contribution in [1.82, 2.24) is 14.7 Å². The van der Waals surface area contributed by atoms with Crippen LogP contribution in [0, 0.1) is 0 Å². The zero-order valence-electron chi connectivity index (χ0n) is 15.3. The van der Waals surface area contributed by atoms with Crippen LogP contribution in [-0.4, -0.2) is 85.6 Å². The molecule has 0 saturated carbocycles. The van der Waals surface area contributed by atoms with Gasteiger partial charge in [-0.3, -0.25) is 9.69 Å². The van der Waals surface area contributed by atoms with Gasteiger partial charge in [-0.05, 0) is 31.7 Å². The van der Waals surface area contributed by atoms with Crippen LogP contribution < -0.4 is 4.90 Å². The fourth-order valence-electron chi connectivity index (χ4n) is 3.75. The molecule has 0 bridgehead atoms. The van der Waals surface area contributed by atoms with E-state index in [1.54, 1.807) is 0 Å². The van der Waals surface area contributed by atoms with E-state index in [4.69, 9.17) is 11.6 Å². The first-order valence-corrected chi connectivity index (χ1v) is 9.72. The molecule has 0 aliphatic carbocycles. The first kappa shape index (κ1) is 18.5. The quantitative estimate of drug-likeness (QED) is 0.817. The third kappa shape index (κ3) is 4.46. The van der Waals surface area contributed by atoms with Gasteiger partial charge < -0.3 is 14.7 Å². The summed E-state index contributed by atoms with van der Waals surface area (Å²) >= 11 is 6.10. The molecule has 0 spiro atoms. The van der Waals surface area contributed by atoms with Crippen molar-refractivity contribution in [3.63, 3.8) is 0 Å². The molecule has 2 fully saturated rings. The lowest BCUT2D eigenvalue weighted by Gasteiger charge is -2.41. The van der Waals surface area contributed by atoms with Gasteiger partial charge in [-0.25, -0.2) is 0 Å². The highest BCUT2D eigenvalue weighted by atomic mass is 35.5. The van der Waals surface area contributed by atoms with E-state index in [-0.39, 0.29) is 11.9 Å². The average molecular weight is 365 g/mol. The number of hydrogen-bond donors (Lipinski definition) is 0. The van der Waals surface area contributed by atoms with Crippen molar-refractivity contribution in [1.29, 1.82) is 0 Å². The summed E-state index contributed by atoms with van der Waals surface area (Å²) in [6.45, 7) is 12.7. The maximum atomic E-state index is 12.8. The molecule has 1 aromatic carbocycles. The first-order chi connectivity index (χ1) is 12.1. The maximum Gasteiger partial charge on any atom is 0.239 e. The van der Waals surface area contributed by atoms with Gasteiger partial charge in [-0.15, -0.1) is 0 Å². The van der Waals surface area contributed by atoms with Crippen molar-refractivity contribution in [2.45, 2.75) is 19.9 Å².